The minimum atomic E-state index is -4.03. The van der Waals surface area contributed by atoms with E-state index in [-0.39, 0.29) is 12.0 Å². The van der Waals surface area contributed by atoms with E-state index < -0.39 is 12.1 Å². The lowest BCUT2D eigenvalue weighted by Crippen LogP contribution is -2.46. The van der Waals surface area contributed by atoms with E-state index in [1.54, 1.807) is 0 Å². The van der Waals surface area contributed by atoms with Gasteiger partial charge < -0.3 is 5.32 Å². The van der Waals surface area contributed by atoms with Crippen molar-refractivity contribution in [1.29, 1.82) is 0 Å². The van der Waals surface area contributed by atoms with E-state index in [0.717, 1.165) is 51.5 Å². The molecule has 1 rings (SSSR count). The summed E-state index contributed by atoms with van der Waals surface area (Å²) >= 11 is 0. The van der Waals surface area contributed by atoms with Crippen LogP contribution in [0, 0.1) is 11.8 Å². The molecule has 1 aliphatic carbocycles. The van der Waals surface area contributed by atoms with E-state index >= 15 is 0 Å². The van der Waals surface area contributed by atoms with E-state index in [2.05, 4.69) is 19.2 Å². The van der Waals surface area contributed by atoms with Crippen molar-refractivity contribution < 1.29 is 13.2 Å². The molecule has 0 saturated heterocycles. The maximum Gasteiger partial charge on any atom is 0.392 e. The topological polar surface area (TPSA) is 12.0 Å². The molecule has 1 fully saturated rings. The molecule has 0 aromatic carbocycles. The second kappa shape index (κ2) is 9.70. The number of halogens is 3. The number of alkyl halides is 3. The summed E-state index contributed by atoms with van der Waals surface area (Å²) in [6.45, 7) is 5.07. The van der Waals surface area contributed by atoms with Gasteiger partial charge in [-0.2, -0.15) is 13.2 Å². The number of rotatable bonds is 9. The standard InChI is InChI=1S/C17H32F3N/c1-3-5-6-7-12-16(21-13-4-2)14-10-8-9-11-15(14)17(18,19)20/h14-16,21H,3-13H2,1-2H3. The normalized spacial score (nSPS) is 25.0. The van der Waals surface area contributed by atoms with Gasteiger partial charge in [-0.05, 0) is 38.1 Å². The van der Waals surface area contributed by atoms with Gasteiger partial charge in [-0.25, -0.2) is 0 Å². The van der Waals surface area contributed by atoms with E-state index in [9.17, 15) is 13.2 Å². The monoisotopic (exact) mass is 307 g/mol. The Kier molecular flexibility index (Phi) is 8.69. The smallest absolute Gasteiger partial charge is 0.314 e. The van der Waals surface area contributed by atoms with Gasteiger partial charge in [-0.15, -0.1) is 0 Å². The number of nitrogens with one attached hydrogen (secondary N) is 1. The maximum atomic E-state index is 13.3. The van der Waals surface area contributed by atoms with E-state index in [0.29, 0.717) is 6.42 Å². The average Bonchev–Trinajstić information content (AvgIpc) is 2.46. The molecule has 0 aromatic heterocycles. The summed E-state index contributed by atoms with van der Waals surface area (Å²) in [4.78, 5) is 0. The van der Waals surface area contributed by atoms with Crippen LogP contribution in [0.2, 0.25) is 0 Å². The maximum absolute atomic E-state index is 13.3. The first-order valence-corrected chi connectivity index (χ1v) is 8.80. The first kappa shape index (κ1) is 18.8. The number of hydrogen-bond acceptors (Lipinski definition) is 1. The van der Waals surface area contributed by atoms with Gasteiger partial charge >= 0.3 is 6.18 Å². The van der Waals surface area contributed by atoms with Gasteiger partial charge in [0.15, 0.2) is 0 Å². The minimum Gasteiger partial charge on any atom is -0.314 e. The van der Waals surface area contributed by atoms with Crippen molar-refractivity contribution in [2.75, 3.05) is 6.54 Å². The zero-order chi connectivity index (χ0) is 15.7. The van der Waals surface area contributed by atoms with Crippen LogP contribution in [0.25, 0.3) is 0 Å². The predicted molar refractivity (Wildman–Crippen MR) is 82.3 cm³/mol. The molecule has 1 aliphatic rings. The van der Waals surface area contributed by atoms with Crippen LogP contribution in [0.4, 0.5) is 13.2 Å². The fourth-order valence-electron chi connectivity index (χ4n) is 3.64. The molecule has 1 nitrogen and oxygen atoms in total. The summed E-state index contributed by atoms with van der Waals surface area (Å²) in [6, 6.07) is 0.0498. The van der Waals surface area contributed by atoms with E-state index in [1.807, 2.05) is 0 Å². The third-order valence-corrected chi connectivity index (χ3v) is 4.78. The van der Waals surface area contributed by atoms with Gasteiger partial charge in [0, 0.05) is 6.04 Å². The molecule has 0 aliphatic heterocycles. The lowest BCUT2D eigenvalue weighted by molar-refractivity contribution is -0.199. The second-order valence-corrected chi connectivity index (χ2v) is 6.51. The summed E-state index contributed by atoms with van der Waals surface area (Å²) in [5.41, 5.74) is 0. The first-order chi connectivity index (χ1) is 10.0. The number of hydrogen-bond donors (Lipinski definition) is 1. The van der Waals surface area contributed by atoms with Crippen LogP contribution in [0.5, 0.6) is 0 Å². The van der Waals surface area contributed by atoms with Crippen molar-refractivity contribution >= 4 is 0 Å². The molecule has 3 atom stereocenters. The molecule has 0 bridgehead atoms. The summed E-state index contributed by atoms with van der Waals surface area (Å²) in [5, 5.41) is 3.42. The van der Waals surface area contributed by atoms with Crippen molar-refractivity contribution in [3.8, 4) is 0 Å². The van der Waals surface area contributed by atoms with Crippen LogP contribution < -0.4 is 5.32 Å². The largest absolute Gasteiger partial charge is 0.392 e. The zero-order valence-electron chi connectivity index (χ0n) is 13.6. The molecule has 126 valence electrons. The molecule has 1 N–H and O–H groups in total. The Morgan fingerprint density at radius 3 is 2.33 bits per heavy atom. The van der Waals surface area contributed by atoms with Gasteiger partial charge in [0.1, 0.15) is 0 Å². The third kappa shape index (κ3) is 6.58. The molecule has 0 radical (unpaired) electrons. The van der Waals surface area contributed by atoms with Crippen molar-refractivity contribution in [3.05, 3.63) is 0 Å². The van der Waals surface area contributed by atoms with Crippen molar-refractivity contribution in [3.63, 3.8) is 0 Å². The molecule has 0 aromatic rings. The summed E-state index contributed by atoms with van der Waals surface area (Å²) < 4.78 is 39.9. The highest BCUT2D eigenvalue weighted by molar-refractivity contribution is 4.88. The predicted octanol–water partition coefficient (Wildman–Crippen LogP) is 5.69. The van der Waals surface area contributed by atoms with Crippen LogP contribution in [-0.2, 0) is 0 Å². The Hall–Kier alpha value is -0.250. The molecule has 0 spiro atoms. The molecule has 0 amide bonds. The summed E-state index contributed by atoms with van der Waals surface area (Å²) in [7, 11) is 0. The highest BCUT2D eigenvalue weighted by Gasteiger charge is 2.47. The van der Waals surface area contributed by atoms with Crippen LogP contribution in [0.1, 0.15) is 78.1 Å². The third-order valence-electron chi connectivity index (χ3n) is 4.78. The fraction of sp³-hybridized carbons (Fsp3) is 1.00. The Morgan fingerprint density at radius 1 is 1.00 bits per heavy atom. The lowest BCUT2D eigenvalue weighted by Gasteiger charge is -2.38. The Morgan fingerprint density at radius 2 is 1.71 bits per heavy atom. The molecular weight excluding hydrogens is 275 g/mol. The van der Waals surface area contributed by atoms with Crippen molar-refractivity contribution in [2.24, 2.45) is 11.8 Å². The molecule has 21 heavy (non-hydrogen) atoms. The van der Waals surface area contributed by atoms with E-state index in [1.165, 1.54) is 12.8 Å². The Labute approximate surface area is 128 Å². The van der Waals surface area contributed by atoms with Gasteiger partial charge in [0.25, 0.3) is 0 Å². The van der Waals surface area contributed by atoms with Crippen molar-refractivity contribution in [2.45, 2.75) is 90.3 Å². The van der Waals surface area contributed by atoms with Gasteiger partial charge in [-0.1, -0.05) is 52.4 Å². The lowest BCUT2D eigenvalue weighted by atomic mass is 9.73. The minimum absolute atomic E-state index is 0.0498. The first-order valence-electron chi connectivity index (χ1n) is 8.80. The molecular formula is C17H32F3N. The quantitative estimate of drug-likeness (QED) is 0.539. The van der Waals surface area contributed by atoms with Crippen LogP contribution in [0.3, 0.4) is 0 Å². The van der Waals surface area contributed by atoms with Crippen LogP contribution in [-0.4, -0.2) is 18.8 Å². The summed E-state index contributed by atoms with van der Waals surface area (Å²) in [6.07, 6.45) is 5.16. The molecule has 1 saturated carbocycles. The number of unbranched alkanes of at least 4 members (excludes halogenated alkanes) is 3. The van der Waals surface area contributed by atoms with Crippen LogP contribution >= 0.6 is 0 Å². The van der Waals surface area contributed by atoms with E-state index in [4.69, 9.17) is 0 Å². The second-order valence-electron chi connectivity index (χ2n) is 6.51. The molecule has 3 unspecified atom stereocenters. The molecule has 0 heterocycles. The van der Waals surface area contributed by atoms with Gasteiger partial charge in [-0.3, -0.25) is 0 Å². The van der Waals surface area contributed by atoms with Gasteiger partial charge in [0.2, 0.25) is 0 Å². The highest BCUT2D eigenvalue weighted by Crippen LogP contribution is 2.43. The SMILES string of the molecule is CCCCCCC(NCCC)C1CCCCC1C(F)(F)F. The summed E-state index contributed by atoms with van der Waals surface area (Å²) in [5.74, 6) is -1.31. The van der Waals surface area contributed by atoms with Crippen LogP contribution in [0.15, 0.2) is 0 Å². The molecule has 4 heteroatoms. The highest BCUT2D eigenvalue weighted by atomic mass is 19.4. The Balaban J connectivity index is 2.63. The fourth-order valence-corrected chi connectivity index (χ4v) is 3.64. The zero-order valence-corrected chi connectivity index (χ0v) is 13.6. The average molecular weight is 307 g/mol. The van der Waals surface area contributed by atoms with Gasteiger partial charge in [0.05, 0.1) is 5.92 Å². The van der Waals surface area contributed by atoms with Crippen molar-refractivity contribution in [1.82, 2.24) is 5.32 Å². The Bertz CT molecular complexity index is 265.